The van der Waals surface area contributed by atoms with Crippen LogP contribution in [0.2, 0.25) is 0 Å². The van der Waals surface area contributed by atoms with E-state index >= 15 is 0 Å². The van der Waals surface area contributed by atoms with Crippen molar-refractivity contribution in [3.05, 3.63) is 77.4 Å². The van der Waals surface area contributed by atoms with Crippen molar-refractivity contribution in [1.29, 1.82) is 0 Å². The number of rotatable bonds is 4. The number of hydrogen-bond donors (Lipinski definition) is 2. The lowest BCUT2D eigenvalue weighted by Gasteiger charge is -2.08. The highest BCUT2D eigenvalue weighted by Crippen LogP contribution is 2.23. The Kier molecular flexibility index (Phi) is 4.15. The van der Waals surface area contributed by atoms with Gasteiger partial charge < -0.3 is 15.7 Å². The molecule has 116 valence electrons. The summed E-state index contributed by atoms with van der Waals surface area (Å²) in [4.78, 5) is 0. The van der Waals surface area contributed by atoms with Gasteiger partial charge in [0.1, 0.15) is 12.4 Å². The maximum atomic E-state index is 8.74. The molecule has 4 heteroatoms. The van der Waals surface area contributed by atoms with E-state index in [1.54, 1.807) is 0 Å². The van der Waals surface area contributed by atoms with Crippen molar-refractivity contribution in [2.75, 3.05) is 0 Å². The highest BCUT2D eigenvalue weighted by Gasteiger charge is 2.03. The second-order valence-corrected chi connectivity index (χ2v) is 5.48. The molecule has 0 bridgehead atoms. The fourth-order valence-electron chi connectivity index (χ4n) is 2.38. The fourth-order valence-corrected chi connectivity index (χ4v) is 2.38. The minimum Gasteiger partial charge on any atom is -0.489 e. The Morgan fingerprint density at radius 1 is 1.00 bits per heavy atom. The Balaban J connectivity index is 1.78. The van der Waals surface area contributed by atoms with Crippen molar-refractivity contribution in [2.24, 2.45) is 10.9 Å². The molecule has 0 aliphatic rings. The first-order valence-electron chi connectivity index (χ1n) is 7.36. The second kappa shape index (κ2) is 6.40. The SMILES string of the molecule is Cc1ccc(COc2ccc3cc(/C(N)=N/O)ccc3c2)cc1. The van der Waals surface area contributed by atoms with E-state index in [1.807, 2.05) is 36.4 Å². The lowest BCUT2D eigenvalue weighted by atomic mass is 10.1. The predicted molar refractivity (Wildman–Crippen MR) is 92.0 cm³/mol. The number of oxime groups is 1. The summed E-state index contributed by atoms with van der Waals surface area (Å²) in [6.07, 6.45) is 0. The first-order chi connectivity index (χ1) is 11.2. The third-order valence-electron chi connectivity index (χ3n) is 3.74. The van der Waals surface area contributed by atoms with E-state index in [-0.39, 0.29) is 5.84 Å². The zero-order valence-electron chi connectivity index (χ0n) is 12.9. The molecule has 0 spiro atoms. The van der Waals surface area contributed by atoms with Crippen LogP contribution in [0.25, 0.3) is 10.8 Å². The Bertz CT molecular complexity index is 855. The molecular formula is C19H18N2O2. The average molecular weight is 306 g/mol. The van der Waals surface area contributed by atoms with Crippen molar-refractivity contribution < 1.29 is 9.94 Å². The van der Waals surface area contributed by atoms with Gasteiger partial charge in [0.25, 0.3) is 0 Å². The summed E-state index contributed by atoms with van der Waals surface area (Å²) in [5.74, 6) is 0.918. The predicted octanol–water partition coefficient (Wildman–Crippen LogP) is 3.82. The number of fused-ring (bicyclic) bond motifs is 1. The molecule has 0 aliphatic carbocycles. The van der Waals surface area contributed by atoms with E-state index < -0.39 is 0 Å². The molecule has 0 atom stereocenters. The molecular weight excluding hydrogens is 288 g/mol. The van der Waals surface area contributed by atoms with Crippen molar-refractivity contribution in [2.45, 2.75) is 13.5 Å². The molecule has 0 heterocycles. The molecule has 3 N–H and O–H groups in total. The number of ether oxygens (including phenoxy) is 1. The van der Waals surface area contributed by atoms with Crippen LogP contribution in [-0.4, -0.2) is 11.0 Å². The summed E-state index contributed by atoms with van der Waals surface area (Å²) in [5, 5.41) is 13.8. The van der Waals surface area contributed by atoms with Crippen LogP contribution in [0.5, 0.6) is 5.75 Å². The quantitative estimate of drug-likeness (QED) is 0.333. The minimum atomic E-state index is 0.103. The molecule has 3 aromatic carbocycles. The number of nitrogens with zero attached hydrogens (tertiary/aromatic N) is 1. The van der Waals surface area contributed by atoms with Gasteiger partial charge in [0.15, 0.2) is 5.84 Å². The Morgan fingerprint density at radius 2 is 1.70 bits per heavy atom. The lowest BCUT2D eigenvalue weighted by molar-refractivity contribution is 0.306. The van der Waals surface area contributed by atoms with Gasteiger partial charge in [0.2, 0.25) is 0 Å². The molecule has 0 aliphatic heterocycles. The van der Waals surface area contributed by atoms with Crippen LogP contribution in [-0.2, 0) is 6.61 Å². The van der Waals surface area contributed by atoms with Crippen LogP contribution in [0.1, 0.15) is 16.7 Å². The Labute approximate surface area is 134 Å². The number of nitrogens with two attached hydrogens (primary N) is 1. The van der Waals surface area contributed by atoms with Crippen LogP contribution in [0, 0.1) is 6.92 Å². The molecule has 0 amide bonds. The highest BCUT2D eigenvalue weighted by molar-refractivity contribution is 6.00. The van der Waals surface area contributed by atoms with Crippen LogP contribution < -0.4 is 10.5 Å². The third kappa shape index (κ3) is 3.43. The lowest BCUT2D eigenvalue weighted by Crippen LogP contribution is -2.12. The smallest absolute Gasteiger partial charge is 0.170 e. The summed E-state index contributed by atoms with van der Waals surface area (Å²) < 4.78 is 5.85. The van der Waals surface area contributed by atoms with Gasteiger partial charge in [-0.25, -0.2) is 0 Å². The van der Waals surface area contributed by atoms with E-state index in [0.29, 0.717) is 12.2 Å². The van der Waals surface area contributed by atoms with E-state index in [9.17, 15) is 0 Å². The molecule has 23 heavy (non-hydrogen) atoms. The van der Waals surface area contributed by atoms with Crippen molar-refractivity contribution in [3.8, 4) is 5.75 Å². The van der Waals surface area contributed by atoms with Gasteiger partial charge in [-0.05, 0) is 41.5 Å². The van der Waals surface area contributed by atoms with Crippen molar-refractivity contribution in [3.63, 3.8) is 0 Å². The van der Waals surface area contributed by atoms with Crippen molar-refractivity contribution >= 4 is 16.6 Å². The summed E-state index contributed by atoms with van der Waals surface area (Å²) >= 11 is 0. The number of amidine groups is 1. The molecule has 3 rings (SSSR count). The fraction of sp³-hybridized carbons (Fsp3) is 0.105. The van der Waals surface area contributed by atoms with E-state index in [2.05, 4.69) is 36.3 Å². The summed E-state index contributed by atoms with van der Waals surface area (Å²) in [6, 6.07) is 19.8. The minimum absolute atomic E-state index is 0.103. The summed E-state index contributed by atoms with van der Waals surface area (Å²) in [5.41, 5.74) is 8.68. The maximum Gasteiger partial charge on any atom is 0.170 e. The molecule has 0 aromatic heterocycles. The van der Waals surface area contributed by atoms with Crippen LogP contribution in [0.3, 0.4) is 0 Å². The first-order valence-corrected chi connectivity index (χ1v) is 7.36. The molecule has 0 saturated heterocycles. The monoisotopic (exact) mass is 306 g/mol. The largest absolute Gasteiger partial charge is 0.489 e. The standard InChI is InChI=1S/C19H18N2O2/c1-13-2-4-14(5-3-13)12-23-18-9-8-15-10-17(19(20)21-22)7-6-16(15)11-18/h2-11,22H,12H2,1H3,(H2,20,21). The molecule has 0 saturated carbocycles. The van der Waals surface area contributed by atoms with Gasteiger partial charge in [-0.1, -0.05) is 53.2 Å². The number of aryl methyl sites for hydroxylation is 1. The van der Waals surface area contributed by atoms with Crippen LogP contribution >= 0.6 is 0 Å². The average Bonchev–Trinajstić information content (AvgIpc) is 2.60. The molecule has 0 fully saturated rings. The van der Waals surface area contributed by atoms with E-state index in [4.69, 9.17) is 15.7 Å². The first kappa shape index (κ1) is 14.9. The second-order valence-electron chi connectivity index (χ2n) is 5.48. The summed E-state index contributed by atoms with van der Waals surface area (Å²) in [6.45, 7) is 2.60. The van der Waals surface area contributed by atoms with Gasteiger partial charge in [-0.2, -0.15) is 0 Å². The van der Waals surface area contributed by atoms with Gasteiger partial charge >= 0.3 is 0 Å². The Hall–Kier alpha value is -3.01. The van der Waals surface area contributed by atoms with Crippen molar-refractivity contribution in [1.82, 2.24) is 0 Å². The van der Waals surface area contributed by atoms with Crippen LogP contribution in [0.15, 0.2) is 65.8 Å². The van der Waals surface area contributed by atoms with E-state index in [1.165, 1.54) is 5.56 Å². The maximum absolute atomic E-state index is 8.74. The van der Waals surface area contributed by atoms with Gasteiger partial charge in [-0.3, -0.25) is 0 Å². The number of hydrogen-bond acceptors (Lipinski definition) is 3. The normalized spacial score (nSPS) is 11.6. The zero-order chi connectivity index (χ0) is 16.2. The third-order valence-corrected chi connectivity index (χ3v) is 3.74. The zero-order valence-corrected chi connectivity index (χ0v) is 12.9. The van der Waals surface area contributed by atoms with Crippen LogP contribution in [0.4, 0.5) is 0 Å². The van der Waals surface area contributed by atoms with E-state index in [0.717, 1.165) is 22.1 Å². The molecule has 3 aromatic rings. The Morgan fingerprint density at radius 3 is 2.43 bits per heavy atom. The number of benzene rings is 3. The topological polar surface area (TPSA) is 67.8 Å². The van der Waals surface area contributed by atoms with Gasteiger partial charge in [0, 0.05) is 5.56 Å². The highest BCUT2D eigenvalue weighted by atomic mass is 16.5. The molecule has 0 radical (unpaired) electrons. The summed E-state index contributed by atoms with van der Waals surface area (Å²) in [7, 11) is 0. The molecule has 4 nitrogen and oxygen atoms in total. The van der Waals surface area contributed by atoms with Gasteiger partial charge in [-0.15, -0.1) is 0 Å². The van der Waals surface area contributed by atoms with Gasteiger partial charge in [0.05, 0.1) is 0 Å². The molecule has 0 unspecified atom stereocenters.